The highest BCUT2D eigenvalue weighted by molar-refractivity contribution is 5.83. The molecule has 0 saturated heterocycles. The Kier molecular flexibility index (Phi) is 21.3. The molecule has 98 valence electrons. The van der Waals surface area contributed by atoms with Crippen LogP contribution in [-0.4, -0.2) is 18.7 Å². The van der Waals surface area contributed by atoms with Gasteiger partial charge in [-0.25, -0.2) is 0 Å². The summed E-state index contributed by atoms with van der Waals surface area (Å²) in [5, 5.41) is 2.43. The van der Waals surface area contributed by atoms with Gasteiger partial charge in [0.25, 0.3) is 0 Å². The smallest absolute Gasteiger partial charge is 0.220 e. The second kappa shape index (κ2) is 16.6. The van der Waals surface area contributed by atoms with E-state index in [0.29, 0.717) is 12.8 Å². The first kappa shape index (κ1) is 20.5. The molecular formula is C13H29NO2. The van der Waals surface area contributed by atoms with Crippen LogP contribution in [0.4, 0.5) is 0 Å². The molecule has 16 heavy (non-hydrogen) atoms. The average Bonchev–Trinajstić information content (AvgIpc) is 2.14. The van der Waals surface area contributed by atoms with Crippen LogP contribution >= 0.6 is 0 Å². The number of ketones is 1. The first-order valence-corrected chi connectivity index (χ1v) is 5.87. The highest BCUT2D eigenvalue weighted by Crippen LogP contribution is 2.15. The monoisotopic (exact) mass is 231 g/mol. The summed E-state index contributed by atoms with van der Waals surface area (Å²) in [6.07, 6.45) is 6.66. The zero-order valence-corrected chi connectivity index (χ0v) is 10.6. The molecule has 3 heteroatoms. The summed E-state index contributed by atoms with van der Waals surface area (Å²) in [7, 11) is 1.56. The lowest BCUT2D eigenvalue weighted by atomic mass is 10.0. The van der Waals surface area contributed by atoms with Crippen LogP contribution in [0.3, 0.4) is 0 Å². The van der Waals surface area contributed by atoms with Gasteiger partial charge in [0, 0.05) is 19.9 Å². The number of hydrogen-bond acceptors (Lipinski definition) is 2. The van der Waals surface area contributed by atoms with Crippen LogP contribution in [0.1, 0.15) is 66.7 Å². The lowest BCUT2D eigenvalue weighted by Crippen LogP contribution is -2.17. The fourth-order valence-electron chi connectivity index (χ4n) is 0.665. The summed E-state index contributed by atoms with van der Waals surface area (Å²) in [6.45, 7) is 5.48. The Morgan fingerprint density at radius 3 is 1.56 bits per heavy atom. The molecule has 0 atom stereocenters. The standard InChI is InChI=1S/C6H11NO2.C4H8.C2H6.CH4/c1-5(8)3-4-6(9)7-2;1-2-4-3-1;1-2;/h3-4H2,1-2H3,(H,7,9);1-4H2;1-2H3;1H4. The molecule has 0 spiro atoms. The van der Waals surface area contributed by atoms with Crippen molar-refractivity contribution in [3.63, 3.8) is 0 Å². The third-order valence-corrected chi connectivity index (χ3v) is 1.98. The van der Waals surface area contributed by atoms with Gasteiger partial charge in [0.2, 0.25) is 5.91 Å². The molecule has 1 saturated carbocycles. The van der Waals surface area contributed by atoms with E-state index in [2.05, 4.69) is 5.32 Å². The predicted octanol–water partition coefficient (Wildman–Crippen LogP) is 3.32. The highest BCUT2D eigenvalue weighted by atomic mass is 16.1. The van der Waals surface area contributed by atoms with Crippen molar-refractivity contribution < 1.29 is 9.59 Å². The van der Waals surface area contributed by atoms with E-state index in [1.165, 1.54) is 32.6 Å². The van der Waals surface area contributed by atoms with E-state index in [1.54, 1.807) is 7.05 Å². The Hall–Kier alpha value is -0.860. The van der Waals surface area contributed by atoms with E-state index >= 15 is 0 Å². The van der Waals surface area contributed by atoms with E-state index in [1.807, 2.05) is 13.8 Å². The number of hydrogen-bond donors (Lipinski definition) is 1. The van der Waals surface area contributed by atoms with Gasteiger partial charge >= 0.3 is 0 Å². The average molecular weight is 231 g/mol. The Labute approximate surface area is 101 Å². The molecule has 1 amide bonds. The first-order valence-electron chi connectivity index (χ1n) is 5.87. The van der Waals surface area contributed by atoms with Crippen LogP contribution < -0.4 is 5.32 Å². The maximum absolute atomic E-state index is 10.5. The summed E-state index contributed by atoms with van der Waals surface area (Å²) in [4.78, 5) is 20.7. The van der Waals surface area contributed by atoms with Crippen LogP contribution in [-0.2, 0) is 9.59 Å². The minimum absolute atomic E-state index is 0. The Morgan fingerprint density at radius 2 is 1.38 bits per heavy atom. The Morgan fingerprint density at radius 1 is 1.00 bits per heavy atom. The van der Waals surface area contributed by atoms with E-state index in [4.69, 9.17) is 0 Å². The van der Waals surface area contributed by atoms with Crippen LogP contribution in [0.25, 0.3) is 0 Å². The SMILES string of the molecule is C.C1CCC1.CC.CNC(=O)CCC(C)=O. The highest BCUT2D eigenvalue weighted by Gasteiger charge is 1.98. The number of amides is 1. The van der Waals surface area contributed by atoms with E-state index in [0.717, 1.165) is 0 Å². The van der Waals surface area contributed by atoms with Crippen LogP contribution in [0.5, 0.6) is 0 Å². The van der Waals surface area contributed by atoms with Crippen molar-refractivity contribution in [1.29, 1.82) is 0 Å². The number of rotatable bonds is 3. The molecular weight excluding hydrogens is 202 g/mol. The van der Waals surface area contributed by atoms with Gasteiger partial charge in [-0.2, -0.15) is 0 Å². The van der Waals surface area contributed by atoms with E-state index in [9.17, 15) is 9.59 Å². The van der Waals surface area contributed by atoms with Gasteiger partial charge in [0.1, 0.15) is 5.78 Å². The van der Waals surface area contributed by atoms with Crippen LogP contribution in [0, 0.1) is 0 Å². The lowest BCUT2D eigenvalue weighted by Gasteiger charge is -2.05. The predicted molar refractivity (Wildman–Crippen MR) is 70.5 cm³/mol. The van der Waals surface area contributed by atoms with Crippen LogP contribution in [0.2, 0.25) is 0 Å². The summed E-state index contributed by atoms with van der Waals surface area (Å²) >= 11 is 0. The normalized spacial score (nSPS) is 11.2. The first-order chi connectivity index (χ1) is 7.16. The van der Waals surface area contributed by atoms with Gasteiger partial charge in [-0.15, -0.1) is 0 Å². The van der Waals surface area contributed by atoms with Crippen molar-refractivity contribution >= 4 is 11.7 Å². The summed E-state index contributed by atoms with van der Waals surface area (Å²) in [5.41, 5.74) is 0. The Balaban J connectivity index is -0.000000201. The van der Waals surface area contributed by atoms with Gasteiger partial charge in [-0.1, -0.05) is 47.0 Å². The molecule has 0 aliphatic heterocycles. The zero-order chi connectivity index (χ0) is 12.1. The molecule has 3 nitrogen and oxygen atoms in total. The summed E-state index contributed by atoms with van der Waals surface area (Å²) in [5.74, 6) is -0.0243. The summed E-state index contributed by atoms with van der Waals surface area (Å²) in [6, 6.07) is 0. The van der Waals surface area contributed by atoms with Crippen molar-refractivity contribution in [1.82, 2.24) is 5.32 Å². The number of carbonyl (C=O) groups is 2. The fourth-order valence-corrected chi connectivity index (χ4v) is 0.665. The van der Waals surface area contributed by atoms with Crippen molar-refractivity contribution in [2.75, 3.05) is 7.05 Å². The zero-order valence-electron chi connectivity index (χ0n) is 10.6. The maximum atomic E-state index is 10.5. The molecule has 1 aliphatic carbocycles. The maximum Gasteiger partial charge on any atom is 0.220 e. The second-order valence-electron chi connectivity index (χ2n) is 3.29. The van der Waals surface area contributed by atoms with E-state index in [-0.39, 0.29) is 19.1 Å². The molecule has 0 aromatic heterocycles. The van der Waals surface area contributed by atoms with Crippen molar-refractivity contribution in [3.05, 3.63) is 0 Å². The molecule has 1 rings (SSSR count). The molecule has 0 unspecified atom stereocenters. The van der Waals surface area contributed by atoms with Gasteiger partial charge in [-0.3, -0.25) is 4.79 Å². The number of nitrogens with one attached hydrogen (secondary N) is 1. The molecule has 1 aliphatic rings. The molecule has 0 aromatic carbocycles. The van der Waals surface area contributed by atoms with E-state index < -0.39 is 0 Å². The fraction of sp³-hybridized carbons (Fsp3) is 0.846. The van der Waals surface area contributed by atoms with Crippen molar-refractivity contribution in [2.24, 2.45) is 0 Å². The minimum Gasteiger partial charge on any atom is -0.359 e. The third-order valence-electron chi connectivity index (χ3n) is 1.98. The third kappa shape index (κ3) is 18.8. The Bertz CT molecular complexity index is 159. The molecule has 0 heterocycles. The topological polar surface area (TPSA) is 46.2 Å². The molecule has 1 N–H and O–H groups in total. The molecule has 1 fully saturated rings. The quantitative estimate of drug-likeness (QED) is 0.810. The van der Waals surface area contributed by atoms with Gasteiger partial charge in [0.05, 0.1) is 0 Å². The van der Waals surface area contributed by atoms with Gasteiger partial charge in [0.15, 0.2) is 0 Å². The van der Waals surface area contributed by atoms with Crippen molar-refractivity contribution in [2.45, 2.75) is 66.7 Å². The van der Waals surface area contributed by atoms with Crippen LogP contribution in [0.15, 0.2) is 0 Å². The van der Waals surface area contributed by atoms with Gasteiger partial charge in [-0.05, 0) is 6.92 Å². The largest absolute Gasteiger partial charge is 0.359 e. The van der Waals surface area contributed by atoms with Gasteiger partial charge < -0.3 is 10.1 Å². The molecule has 0 radical (unpaired) electrons. The lowest BCUT2D eigenvalue weighted by molar-refractivity contribution is -0.124. The van der Waals surface area contributed by atoms with Crippen molar-refractivity contribution in [3.8, 4) is 0 Å². The summed E-state index contributed by atoms with van der Waals surface area (Å²) < 4.78 is 0. The number of carbonyl (C=O) groups excluding carboxylic acids is 2. The number of Topliss-reactive ketones (excluding diaryl/α,β-unsaturated/α-hetero) is 1. The molecule has 0 bridgehead atoms. The molecule has 0 aromatic rings. The minimum atomic E-state index is -0.0785. The second-order valence-corrected chi connectivity index (χ2v) is 3.29.